The third-order valence-corrected chi connectivity index (χ3v) is 6.50. The van der Waals surface area contributed by atoms with E-state index in [2.05, 4.69) is 64.7 Å². The maximum Gasteiger partial charge on any atom is 0.331 e. The zero-order valence-electron chi connectivity index (χ0n) is 21.5. The van der Waals surface area contributed by atoms with Gasteiger partial charge in [-0.25, -0.2) is 4.79 Å². The minimum atomic E-state index is -0.647. The molecule has 4 aromatic rings. The van der Waals surface area contributed by atoms with Crippen LogP contribution in [0.1, 0.15) is 53.7 Å². The summed E-state index contributed by atoms with van der Waals surface area (Å²) in [6, 6.07) is 20.4. The van der Waals surface area contributed by atoms with Crippen molar-refractivity contribution in [3.8, 4) is 0 Å². The zero-order chi connectivity index (χ0) is 26.5. The molecule has 0 saturated heterocycles. The van der Waals surface area contributed by atoms with Crippen LogP contribution in [0.4, 0.5) is 0 Å². The lowest BCUT2D eigenvalue weighted by molar-refractivity contribution is -0.141. The fraction of sp³-hybridized carbons (Fsp3) is 0.267. The van der Waals surface area contributed by atoms with Crippen LogP contribution in [-0.4, -0.2) is 35.1 Å². The van der Waals surface area contributed by atoms with Gasteiger partial charge >= 0.3 is 11.9 Å². The van der Waals surface area contributed by atoms with E-state index in [1.54, 1.807) is 6.07 Å². The highest BCUT2D eigenvalue weighted by molar-refractivity contribution is 6.46. The van der Waals surface area contributed by atoms with Gasteiger partial charge in [-0.05, 0) is 67.3 Å². The second-order valence-corrected chi connectivity index (χ2v) is 8.96. The van der Waals surface area contributed by atoms with E-state index in [1.807, 2.05) is 18.2 Å². The van der Waals surface area contributed by atoms with Gasteiger partial charge in [-0.2, -0.15) is 0 Å². The van der Waals surface area contributed by atoms with E-state index in [1.165, 1.54) is 30.7 Å². The number of oxime groups is 1. The molecule has 0 unspecified atom stereocenters. The Bertz CT molecular complexity index is 1530. The third-order valence-electron chi connectivity index (χ3n) is 6.50. The summed E-state index contributed by atoms with van der Waals surface area (Å²) in [7, 11) is 1.28. The van der Waals surface area contributed by atoms with Crippen LogP contribution in [0.5, 0.6) is 0 Å². The van der Waals surface area contributed by atoms with E-state index in [0.717, 1.165) is 34.8 Å². The largest absolute Gasteiger partial charge is 0.469 e. The van der Waals surface area contributed by atoms with Gasteiger partial charge in [-0.3, -0.25) is 9.59 Å². The average Bonchev–Trinajstić information content (AvgIpc) is 3.21. The van der Waals surface area contributed by atoms with Crippen LogP contribution in [0.25, 0.3) is 21.8 Å². The van der Waals surface area contributed by atoms with Gasteiger partial charge in [0.15, 0.2) is 0 Å². The van der Waals surface area contributed by atoms with E-state index in [9.17, 15) is 14.4 Å². The van der Waals surface area contributed by atoms with Crippen molar-refractivity contribution in [2.75, 3.05) is 7.11 Å². The minimum Gasteiger partial charge on any atom is -0.469 e. The number of rotatable bonds is 9. The van der Waals surface area contributed by atoms with E-state index < -0.39 is 17.7 Å². The van der Waals surface area contributed by atoms with Crippen molar-refractivity contribution in [3.63, 3.8) is 0 Å². The molecule has 0 spiro atoms. The molecule has 3 aromatic carbocycles. The molecule has 0 amide bonds. The lowest BCUT2D eigenvalue weighted by Gasteiger charge is -2.07. The number of hydrogen-bond donors (Lipinski definition) is 0. The van der Waals surface area contributed by atoms with E-state index in [-0.39, 0.29) is 18.6 Å². The zero-order valence-corrected chi connectivity index (χ0v) is 21.5. The standard InChI is InChI=1S/C30H30N2O5/c1-5-32-27-13-10-21(16-22-9-7-6-8-19(22)2)17-24(27)25-18-23(11-14-28(25)32)30(35)26(31-37-20(3)33)12-15-29(34)36-4/h6-11,13-14,17-18H,5,12,15-16H2,1-4H3. The summed E-state index contributed by atoms with van der Waals surface area (Å²) < 4.78 is 6.90. The predicted molar refractivity (Wildman–Crippen MR) is 144 cm³/mol. The summed E-state index contributed by atoms with van der Waals surface area (Å²) in [6.07, 6.45) is 0.753. The van der Waals surface area contributed by atoms with Gasteiger partial charge in [0.1, 0.15) is 5.71 Å². The lowest BCUT2D eigenvalue weighted by atomic mass is 9.98. The van der Waals surface area contributed by atoms with Gasteiger partial charge < -0.3 is 14.1 Å². The second kappa shape index (κ2) is 11.2. The number of hydrogen-bond acceptors (Lipinski definition) is 6. The number of carbonyl (C=O) groups is 3. The molecule has 0 aliphatic rings. The first-order valence-electron chi connectivity index (χ1n) is 12.3. The van der Waals surface area contributed by atoms with Crippen molar-refractivity contribution >= 4 is 45.2 Å². The Kier molecular flexibility index (Phi) is 7.82. The molecule has 4 rings (SSSR count). The van der Waals surface area contributed by atoms with Crippen molar-refractivity contribution in [3.05, 3.63) is 82.9 Å². The number of Topliss-reactive ketones (excluding diaryl/α,β-unsaturated/α-hetero) is 1. The summed E-state index contributed by atoms with van der Waals surface area (Å²) in [5, 5.41) is 5.76. The molecule has 190 valence electrons. The van der Waals surface area contributed by atoms with Gasteiger partial charge in [-0.15, -0.1) is 0 Å². The predicted octanol–water partition coefficient (Wildman–Crippen LogP) is 5.77. The first kappa shape index (κ1) is 25.8. The van der Waals surface area contributed by atoms with Gasteiger partial charge in [0.2, 0.25) is 5.78 Å². The molecule has 0 saturated carbocycles. The number of benzene rings is 3. The van der Waals surface area contributed by atoms with Crippen LogP contribution in [0.2, 0.25) is 0 Å². The molecule has 0 N–H and O–H groups in total. The molecule has 7 heteroatoms. The number of carbonyl (C=O) groups excluding carboxylic acids is 3. The number of ether oxygens (including phenoxy) is 1. The number of fused-ring (bicyclic) bond motifs is 3. The number of aryl methyl sites for hydroxylation is 2. The second-order valence-electron chi connectivity index (χ2n) is 8.96. The van der Waals surface area contributed by atoms with Crippen molar-refractivity contribution in [2.24, 2.45) is 5.16 Å². The van der Waals surface area contributed by atoms with Gasteiger partial charge in [0, 0.05) is 47.3 Å². The van der Waals surface area contributed by atoms with Crippen LogP contribution >= 0.6 is 0 Å². The topological polar surface area (TPSA) is 87.0 Å². The summed E-state index contributed by atoms with van der Waals surface area (Å²) >= 11 is 0. The van der Waals surface area contributed by atoms with Crippen LogP contribution in [-0.2, 0) is 32.1 Å². The number of esters is 1. The molecule has 1 heterocycles. The number of methoxy groups -OCH3 is 1. The Morgan fingerprint density at radius 3 is 2.30 bits per heavy atom. The van der Waals surface area contributed by atoms with Crippen molar-refractivity contribution in [1.82, 2.24) is 4.57 Å². The number of nitrogens with zero attached hydrogens (tertiary/aromatic N) is 2. The van der Waals surface area contributed by atoms with Gasteiger partial charge in [0.25, 0.3) is 0 Å². The van der Waals surface area contributed by atoms with E-state index in [0.29, 0.717) is 5.56 Å². The van der Waals surface area contributed by atoms with Crippen molar-refractivity contribution in [1.29, 1.82) is 0 Å². The van der Waals surface area contributed by atoms with E-state index in [4.69, 9.17) is 4.84 Å². The maximum atomic E-state index is 13.4. The Morgan fingerprint density at radius 2 is 1.62 bits per heavy atom. The molecule has 0 fully saturated rings. The Hall–Kier alpha value is -4.26. The first-order chi connectivity index (χ1) is 17.8. The normalized spacial score (nSPS) is 11.6. The molecule has 1 aromatic heterocycles. The Labute approximate surface area is 215 Å². The minimum absolute atomic E-state index is 0.00584. The third kappa shape index (κ3) is 5.61. The Morgan fingerprint density at radius 1 is 0.919 bits per heavy atom. The number of ketones is 1. The molecule has 0 aliphatic heterocycles. The summed E-state index contributed by atoms with van der Waals surface area (Å²) in [5.41, 5.74) is 6.21. The van der Waals surface area contributed by atoms with Crippen molar-refractivity contribution < 1.29 is 24.0 Å². The van der Waals surface area contributed by atoms with Crippen LogP contribution < -0.4 is 0 Å². The molecule has 7 nitrogen and oxygen atoms in total. The average molecular weight is 499 g/mol. The SMILES string of the molecule is CCn1c2ccc(Cc3ccccc3C)cc2c2cc(C(=O)C(CCC(=O)OC)=NOC(C)=O)ccc21. The molecule has 0 atom stereocenters. The number of aromatic nitrogens is 1. The summed E-state index contributed by atoms with van der Waals surface area (Å²) in [4.78, 5) is 41.1. The smallest absolute Gasteiger partial charge is 0.331 e. The molecule has 37 heavy (non-hydrogen) atoms. The highest BCUT2D eigenvalue weighted by Gasteiger charge is 2.20. The molecular weight excluding hydrogens is 468 g/mol. The highest BCUT2D eigenvalue weighted by atomic mass is 16.7. The summed E-state index contributed by atoms with van der Waals surface area (Å²) in [5.74, 6) is -1.53. The highest BCUT2D eigenvalue weighted by Crippen LogP contribution is 2.32. The van der Waals surface area contributed by atoms with E-state index >= 15 is 0 Å². The first-order valence-corrected chi connectivity index (χ1v) is 12.3. The van der Waals surface area contributed by atoms with Gasteiger partial charge in [-0.1, -0.05) is 35.5 Å². The summed E-state index contributed by atoms with van der Waals surface area (Å²) in [6.45, 7) is 6.19. The maximum absolute atomic E-state index is 13.4. The monoisotopic (exact) mass is 498 g/mol. The quantitative estimate of drug-likeness (QED) is 0.0961. The Balaban J connectivity index is 1.77. The van der Waals surface area contributed by atoms with Crippen LogP contribution in [0.3, 0.4) is 0 Å². The van der Waals surface area contributed by atoms with Crippen LogP contribution in [0, 0.1) is 6.92 Å². The van der Waals surface area contributed by atoms with Crippen molar-refractivity contribution in [2.45, 2.75) is 46.6 Å². The van der Waals surface area contributed by atoms with Crippen LogP contribution in [0.15, 0.2) is 65.8 Å². The lowest BCUT2D eigenvalue weighted by Crippen LogP contribution is -2.17. The van der Waals surface area contributed by atoms with Gasteiger partial charge in [0.05, 0.1) is 13.5 Å². The molecule has 0 radical (unpaired) electrons. The molecule has 0 aliphatic carbocycles. The fourth-order valence-corrected chi connectivity index (χ4v) is 4.58. The molecular formula is C30H30N2O5. The fourth-order valence-electron chi connectivity index (χ4n) is 4.58. The molecule has 0 bridgehead atoms.